The quantitative estimate of drug-likeness (QED) is 0.322. The predicted octanol–water partition coefficient (Wildman–Crippen LogP) is 5.26. The minimum atomic E-state index is 0.777. The van der Waals surface area contributed by atoms with Crippen LogP contribution >= 0.6 is 0 Å². The Morgan fingerprint density at radius 3 is 2.53 bits per heavy atom. The Morgan fingerprint density at radius 1 is 1.16 bits per heavy atom. The molecule has 0 aliphatic carbocycles. The summed E-state index contributed by atoms with van der Waals surface area (Å²) in [4.78, 5) is 0. The summed E-state index contributed by atoms with van der Waals surface area (Å²) in [5.41, 5.74) is 2.87. The number of nitrogens with one attached hydrogen (secondary N) is 1. The Labute approximate surface area is 120 Å². The first-order valence-electron chi connectivity index (χ1n) is 7.79. The third-order valence-corrected chi connectivity index (χ3v) is 3.45. The molecule has 0 aromatic carbocycles. The van der Waals surface area contributed by atoms with Gasteiger partial charge in [-0.05, 0) is 52.0 Å². The lowest BCUT2D eigenvalue weighted by Crippen LogP contribution is -2.11. The van der Waals surface area contributed by atoms with Crippen LogP contribution in [0.5, 0.6) is 0 Å². The minimum absolute atomic E-state index is 0.777. The summed E-state index contributed by atoms with van der Waals surface area (Å²) in [7, 11) is 0. The third kappa shape index (κ3) is 12.0. The molecule has 0 saturated carbocycles. The summed E-state index contributed by atoms with van der Waals surface area (Å²) in [5, 5.41) is 3.31. The molecular weight excluding hydrogens is 230 g/mol. The molecule has 1 heteroatoms. The van der Waals surface area contributed by atoms with E-state index in [0.29, 0.717) is 0 Å². The molecular formula is C18H33N. The van der Waals surface area contributed by atoms with Gasteiger partial charge in [-0.2, -0.15) is 0 Å². The van der Waals surface area contributed by atoms with E-state index in [2.05, 4.69) is 64.2 Å². The molecule has 0 amide bonds. The fourth-order valence-electron chi connectivity index (χ4n) is 1.81. The van der Waals surface area contributed by atoms with E-state index in [4.69, 9.17) is 0 Å². The van der Waals surface area contributed by atoms with Crippen molar-refractivity contribution in [1.29, 1.82) is 0 Å². The summed E-state index contributed by atoms with van der Waals surface area (Å²) in [6.45, 7) is 13.1. The van der Waals surface area contributed by atoms with Gasteiger partial charge in [0.25, 0.3) is 0 Å². The first kappa shape index (κ1) is 18.2. The molecule has 0 bridgehead atoms. The number of hydrogen-bond acceptors (Lipinski definition) is 1. The zero-order valence-corrected chi connectivity index (χ0v) is 13.6. The lowest BCUT2D eigenvalue weighted by Gasteiger charge is -2.06. The molecule has 110 valence electrons. The maximum absolute atomic E-state index is 3.31. The lowest BCUT2D eigenvalue weighted by molar-refractivity contribution is 0.545. The van der Waals surface area contributed by atoms with Crippen molar-refractivity contribution >= 4 is 0 Å². The first-order chi connectivity index (χ1) is 9.10. The van der Waals surface area contributed by atoms with Gasteiger partial charge in [-0.25, -0.2) is 0 Å². The fourth-order valence-corrected chi connectivity index (χ4v) is 1.81. The monoisotopic (exact) mass is 263 g/mol. The van der Waals surface area contributed by atoms with Gasteiger partial charge in [-0.3, -0.25) is 0 Å². The molecule has 0 rings (SSSR count). The summed E-state index contributed by atoms with van der Waals surface area (Å²) in [5.74, 6) is 0.777. The number of likely N-dealkylation sites (N-methyl/N-ethyl adjacent to an activating group) is 1. The van der Waals surface area contributed by atoms with Gasteiger partial charge in [0.2, 0.25) is 0 Å². The average molecular weight is 263 g/mol. The van der Waals surface area contributed by atoms with E-state index in [9.17, 15) is 0 Å². The highest BCUT2D eigenvalue weighted by molar-refractivity contribution is 5.16. The molecule has 0 radical (unpaired) electrons. The highest BCUT2D eigenvalue weighted by Gasteiger charge is 1.98. The normalized spacial score (nSPS) is 15.2. The Bertz CT molecular complexity index is 297. The van der Waals surface area contributed by atoms with E-state index in [1.54, 1.807) is 0 Å². The molecule has 0 heterocycles. The molecule has 1 nitrogen and oxygen atoms in total. The molecule has 0 aliphatic rings. The van der Waals surface area contributed by atoms with Crippen LogP contribution in [0.25, 0.3) is 0 Å². The molecule has 0 spiro atoms. The standard InChI is InChI=1S/C18H33N/c1-6-16(3)10-8-11-17(4)12-9-13-18(5)14-15-19-7-2/h9-10,13-14,17,19H,6-8,11-12,15H2,1-5H3. The van der Waals surface area contributed by atoms with Crippen LogP contribution in [0.2, 0.25) is 0 Å². The van der Waals surface area contributed by atoms with Crippen molar-refractivity contribution in [2.75, 3.05) is 13.1 Å². The van der Waals surface area contributed by atoms with Crippen LogP contribution in [-0.4, -0.2) is 13.1 Å². The van der Waals surface area contributed by atoms with E-state index in [0.717, 1.165) is 19.0 Å². The smallest absolute Gasteiger partial charge is 0.0140 e. The van der Waals surface area contributed by atoms with Gasteiger partial charge >= 0.3 is 0 Å². The van der Waals surface area contributed by atoms with Crippen LogP contribution in [0.4, 0.5) is 0 Å². The van der Waals surface area contributed by atoms with Crippen molar-refractivity contribution in [3.8, 4) is 0 Å². The van der Waals surface area contributed by atoms with Crippen molar-refractivity contribution in [3.63, 3.8) is 0 Å². The largest absolute Gasteiger partial charge is 0.314 e. The predicted molar refractivity (Wildman–Crippen MR) is 88.5 cm³/mol. The lowest BCUT2D eigenvalue weighted by atomic mass is 10.00. The van der Waals surface area contributed by atoms with E-state index in [-0.39, 0.29) is 0 Å². The second-order valence-corrected chi connectivity index (χ2v) is 5.48. The molecule has 1 N–H and O–H groups in total. The van der Waals surface area contributed by atoms with E-state index < -0.39 is 0 Å². The molecule has 1 unspecified atom stereocenters. The molecule has 0 aliphatic heterocycles. The molecule has 1 atom stereocenters. The second-order valence-electron chi connectivity index (χ2n) is 5.48. The van der Waals surface area contributed by atoms with Crippen molar-refractivity contribution in [2.45, 2.75) is 60.3 Å². The summed E-state index contributed by atoms with van der Waals surface area (Å²) < 4.78 is 0. The van der Waals surface area contributed by atoms with Crippen LogP contribution in [0.15, 0.2) is 35.5 Å². The highest BCUT2D eigenvalue weighted by atomic mass is 14.8. The Balaban J connectivity index is 3.82. The minimum Gasteiger partial charge on any atom is -0.314 e. The Hall–Kier alpha value is -0.820. The zero-order chi connectivity index (χ0) is 14.5. The van der Waals surface area contributed by atoms with Crippen LogP contribution in [0.3, 0.4) is 0 Å². The number of rotatable bonds is 10. The van der Waals surface area contributed by atoms with Crippen molar-refractivity contribution in [2.24, 2.45) is 5.92 Å². The summed E-state index contributed by atoms with van der Waals surface area (Å²) in [6.07, 6.45) is 14.1. The van der Waals surface area contributed by atoms with Gasteiger partial charge in [0.05, 0.1) is 0 Å². The van der Waals surface area contributed by atoms with E-state index in [1.165, 1.54) is 36.8 Å². The SMILES string of the molecule is CCNCC=C(C)C=CCC(C)CCC=C(C)CC. The maximum atomic E-state index is 3.31. The second kappa shape index (κ2) is 12.2. The molecule has 0 aromatic heterocycles. The van der Waals surface area contributed by atoms with Gasteiger partial charge in [-0.15, -0.1) is 0 Å². The summed E-state index contributed by atoms with van der Waals surface area (Å²) >= 11 is 0. The molecule has 0 saturated heterocycles. The van der Waals surface area contributed by atoms with Crippen LogP contribution in [-0.2, 0) is 0 Å². The zero-order valence-electron chi connectivity index (χ0n) is 13.6. The average Bonchev–Trinajstić information content (AvgIpc) is 2.38. The van der Waals surface area contributed by atoms with Gasteiger partial charge in [-0.1, -0.05) is 56.2 Å². The molecule has 0 aromatic rings. The summed E-state index contributed by atoms with van der Waals surface area (Å²) in [6, 6.07) is 0. The van der Waals surface area contributed by atoms with Gasteiger partial charge in [0.15, 0.2) is 0 Å². The van der Waals surface area contributed by atoms with E-state index in [1.807, 2.05) is 0 Å². The Kier molecular flexibility index (Phi) is 11.7. The molecule has 19 heavy (non-hydrogen) atoms. The van der Waals surface area contributed by atoms with E-state index >= 15 is 0 Å². The Morgan fingerprint density at radius 2 is 1.89 bits per heavy atom. The highest BCUT2D eigenvalue weighted by Crippen LogP contribution is 2.13. The molecule has 0 fully saturated rings. The van der Waals surface area contributed by atoms with Crippen LogP contribution in [0, 0.1) is 5.92 Å². The van der Waals surface area contributed by atoms with Crippen molar-refractivity contribution in [3.05, 3.63) is 35.5 Å². The topological polar surface area (TPSA) is 12.0 Å². The van der Waals surface area contributed by atoms with Gasteiger partial charge in [0.1, 0.15) is 0 Å². The fraction of sp³-hybridized carbons (Fsp3) is 0.667. The van der Waals surface area contributed by atoms with Crippen LogP contribution in [0.1, 0.15) is 60.3 Å². The third-order valence-electron chi connectivity index (χ3n) is 3.45. The van der Waals surface area contributed by atoms with Crippen molar-refractivity contribution < 1.29 is 0 Å². The number of allylic oxidation sites excluding steroid dienone is 5. The van der Waals surface area contributed by atoms with Crippen molar-refractivity contribution in [1.82, 2.24) is 5.32 Å². The van der Waals surface area contributed by atoms with Crippen LogP contribution < -0.4 is 5.32 Å². The maximum Gasteiger partial charge on any atom is 0.0140 e. The van der Waals surface area contributed by atoms with Gasteiger partial charge in [0, 0.05) is 6.54 Å². The van der Waals surface area contributed by atoms with Gasteiger partial charge < -0.3 is 5.32 Å². The number of hydrogen-bond donors (Lipinski definition) is 1. The first-order valence-corrected chi connectivity index (χ1v) is 7.79.